The molecular formula is C17H21BrN2O4S. The highest BCUT2D eigenvalue weighted by Crippen LogP contribution is 2.32. The second kappa shape index (κ2) is 7.88. The average Bonchev–Trinajstić information content (AvgIpc) is 3.06. The van der Waals surface area contributed by atoms with E-state index >= 15 is 0 Å². The molecule has 0 radical (unpaired) electrons. The third-order valence-electron chi connectivity index (χ3n) is 4.04. The molecule has 0 N–H and O–H groups in total. The van der Waals surface area contributed by atoms with E-state index in [1.165, 1.54) is 0 Å². The number of hydrogen-bond donors (Lipinski definition) is 0. The topological polar surface area (TPSA) is 72.6 Å². The predicted octanol–water partition coefficient (Wildman–Crippen LogP) is 3.45. The van der Waals surface area contributed by atoms with Crippen LogP contribution in [-0.4, -0.2) is 39.7 Å². The largest absolute Gasteiger partial charge is 0.424 e. The minimum absolute atomic E-state index is 0.00262. The van der Waals surface area contributed by atoms with Crippen LogP contribution in [0.2, 0.25) is 0 Å². The Morgan fingerprint density at radius 1 is 1.20 bits per heavy atom. The van der Waals surface area contributed by atoms with E-state index in [9.17, 15) is 8.42 Å². The van der Waals surface area contributed by atoms with Crippen molar-refractivity contribution in [3.8, 4) is 0 Å². The number of anilines is 1. The van der Waals surface area contributed by atoms with Crippen molar-refractivity contribution in [3.63, 3.8) is 0 Å². The van der Waals surface area contributed by atoms with Crippen LogP contribution in [-0.2, 0) is 21.0 Å². The van der Waals surface area contributed by atoms with Gasteiger partial charge in [0.25, 0.3) is 0 Å². The lowest BCUT2D eigenvalue weighted by Gasteiger charge is -2.26. The maximum Gasteiger partial charge on any atom is 0.236 e. The van der Waals surface area contributed by atoms with Gasteiger partial charge in [-0.15, -0.1) is 0 Å². The number of ether oxygens (including phenoxy) is 1. The van der Waals surface area contributed by atoms with E-state index in [0.29, 0.717) is 44.5 Å². The van der Waals surface area contributed by atoms with Crippen LogP contribution < -0.4 is 4.90 Å². The van der Waals surface area contributed by atoms with E-state index in [-0.39, 0.29) is 9.92 Å². The highest BCUT2D eigenvalue weighted by molar-refractivity contribution is 9.10. The summed E-state index contributed by atoms with van der Waals surface area (Å²) >= 11 is 3.33. The van der Waals surface area contributed by atoms with E-state index in [2.05, 4.69) is 27.8 Å². The van der Waals surface area contributed by atoms with Gasteiger partial charge in [0.1, 0.15) is 0 Å². The van der Waals surface area contributed by atoms with Gasteiger partial charge in [-0.3, -0.25) is 0 Å². The quantitative estimate of drug-likeness (QED) is 0.701. The zero-order valence-corrected chi connectivity index (χ0v) is 16.5. The van der Waals surface area contributed by atoms with Crippen molar-refractivity contribution >= 4 is 31.7 Å². The number of unbranched alkanes of at least 4 members (excludes halogenated alkanes) is 1. The lowest BCUT2D eigenvalue weighted by Crippen LogP contribution is -2.36. The van der Waals surface area contributed by atoms with E-state index in [1.54, 1.807) is 24.3 Å². The number of halogens is 1. The monoisotopic (exact) mass is 428 g/mol. The lowest BCUT2D eigenvalue weighted by molar-refractivity contribution is 0.120. The van der Waals surface area contributed by atoms with Gasteiger partial charge in [-0.2, -0.15) is 4.98 Å². The van der Waals surface area contributed by atoms with Crippen molar-refractivity contribution in [3.05, 3.63) is 34.6 Å². The maximum absolute atomic E-state index is 13.1. The molecular weight excluding hydrogens is 408 g/mol. The average molecular weight is 429 g/mol. The second-order valence-corrected chi connectivity index (χ2v) is 8.66. The Kier molecular flexibility index (Phi) is 5.81. The van der Waals surface area contributed by atoms with Crippen LogP contribution in [0.4, 0.5) is 5.88 Å². The van der Waals surface area contributed by atoms with Gasteiger partial charge in [0.15, 0.2) is 5.89 Å². The number of nitrogens with zero attached hydrogens (tertiary/aromatic N) is 2. The Morgan fingerprint density at radius 3 is 2.52 bits per heavy atom. The Labute approximate surface area is 156 Å². The molecule has 0 aliphatic carbocycles. The standard InChI is InChI=1S/C17H21BrN2O4S/c1-2-3-4-15-19-16(17(24-15)20-9-11-23-12-10-20)25(21,22)14-7-5-13(18)6-8-14/h5-8H,2-4,9-12H2,1H3. The highest BCUT2D eigenvalue weighted by Gasteiger charge is 2.31. The molecule has 0 spiro atoms. The molecule has 1 aromatic carbocycles. The van der Waals surface area contributed by atoms with Gasteiger partial charge < -0.3 is 14.1 Å². The minimum atomic E-state index is -3.75. The number of benzene rings is 1. The number of aromatic nitrogens is 1. The molecule has 1 aromatic heterocycles. The van der Waals surface area contributed by atoms with Crippen LogP contribution in [0.1, 0.15) is 25.7 Å². The van der Waals surface area contributed by atoms with Crippen LogP contribution in [0, 0.1) is 0 Å². The van der Waals surface area contributed by atoms with Gasteiger partial charge in [-0.25, -0.2) is 8.42 Å². The number of rotatable bonds is 6. The molecule has 3 rings (SSSR count). The van der Waals surface area contributed by atoms with Crippen molar-refractivity contribution in [1.29, 1.82) is 0 Å². The van der Waals surface area contributed by atoms with Gasteiger partial charge >= 0.3 is 0 Å². The zero-order chi connectivity index (χ0) is 17.9. The summed E-state index contributed by atoms with van der Waals surface area (Å²) in [5.41, 5.74) is 0. The predicted molar refractivity (Wildman–Crippen MR) is 97.7 cm³/mol. The summed E-state index contributed by atoms with van der Waals surface area (Å²) in [6.07, 6.45) is 2.52. The molecule has 136 valence electrons. The van der Waals surface area contributed by atoms with Gasteiger partial charge in [-0.05, 0) is 30.7 Å². The van der Waals surface area contributed by atoms with Gasteiger partial charge in [-0.1, -0.05) is 29.3 Å². The molecule has 2 aromatic rings. The van der Waals surface area contributed by atoms with E-state index in [0.717, 1.165) is 17.3 Å². The van der Waals surface area contributed by atoms with Crippen molar-refractivity contribution in [2.24, 2.45) is 0 Å². The first-order chi connectivity index (χ1) is 12.0. The molecule has 0 saturated carbocycles. The Morgan fingerprint density at radius 2 is 1.88 bits per heavy atom. The van der Waals surface area contributed by atoms with Crippen LogP contribution in [0.15, 0.2) is 43.1 Å². The van der Waals surface area contributed by atoms with Crippen molar-refractivity contribution in [1.82, 2.24) is 4.98 Å². The lowest BCUT2D eigenvalue weighted by atomic mass is 10.2. The fraction of sp³-hybridized carbons (Fsp3) is 0.471. The summed E-state index contributed by atoms with van der Waals surface area (Å²) < 4.78 is 38.2. The number of oxazole rings is 1. The van der Waals surface area contributed by atoms with Gasteiger partial charge in [0.2, 0.25) is 20.7 Å². The summed E-state index contributed by atoms with van der Waals surface area (Å²) in [5, 5.41) is 0.00262. The van der Waals surface area contributed by atoms with Crippen LogP contribution in [0.25, 0.3) is 0 Å². The van der Waals surface area contributed by atoms with Crippen LogP contribution >= 0.6 is 15.9 Å². The summed E-state index contributed by atoms with van der Waals surface area (Å²) in [7, 11) is -3.75. The summed E-state index contributed by atoms with van der Waals surface area (Å²) in [6, 6.07) is 6.56. The Hall–Kier alpha value is -1.38. The molecule has 1 saturated heterocycles. The van der Waals surface area contributed by atoms with Crippen molar-refractivity contribution in [2.45, 2.75) is 36.1 Å². The first-order valence-corrected chi connectivity index (χ1v) is 10.6. The molecule has 6 nitrogen and oxygen atoms in total. The summed E-state index contributed by atoms with van der Waals surface area (Å²) in [6.45, 7) is 4.34. The third-order valence-corrected chi connectivity index (χ3v) is 6.24. The molecule has 2 heterocycles. The molecule has 25 heavy (non-hydrogen) atoms. The molecule has 8 heteroatoms. The molecule has 1 aliphatic heterocycles. The Bertz CT molecular complexity index is 812. The number of sulfone groups is 1. The summed E-state index contributed by atoms with van der Waals surface area (Å²) in [4.78, 5) is 6.45. The SMILES string of the molecule is CCCCc1nc(S(=O)(=O)c2ccc(Br)cc2)c(N2CCOCC2)o1. The van der Waals surface area contributed by atoms with Gasteiger partial charge in [0.05, 0.1) is 18.1 Å². The molecule has 1 fully saturated rings. The fourth-order valence-electron chi connectivity index (χ4n) is 2.64. The number of hydrogen-bond acceptors (Lipinski definition) is 6. The third kappa shape index (κ3) is 4.07. The van der Waals surface area contributed by atoms with E-state index in [4.69, 9.17) is 9.15 Å². The van der Waals surface area contributed by atoms with Crippen molar-refractivity contribution in [2.75, 3.05) is 31.2 Å². The molecule has 0 amide bonds. The fourth-order valence-corrected chi connectivity index (χ4v) is 4.25. The molecule has 0 unspecified atom stereocenters. The van der Waals surface area contributed by atoms with E-state index in [1.807, 2.05) is 4.90 Å². The smallest absolute Gasteiger partial charge is 0.236 e. The zero-order valence-electron chi connectivity index (χ0n) is 14.1. The number of morpholine rings is 1. The first-order valence-electron chi connectivity index (χ1n) is 8.35. The maximum atomic E-state index is 13.1. The molecule has 1 aliphatic rings. The van der Waals surface area contributed by atoms with E-state index < -0.39 is 9.84 Å². The van der Waals surface area contributed by atoms with Crippen molar-refractivity contribution < 1.29 is 17.6 Å². The molecule has 0 atom stereocenters. The van der Waals surface area contributed by atoms with Gasteiger partial charge in [0, 0.05) is 24.0 Å². The molecule has 0 bridgehead atoms. The first kappa shape index (κ1) is 18.4. The Balaban J connectivity index is 2.02. The van der Waals surface area contributed by atoms with Crippen LogP contribution in [0.5, 0.6) is 0 Å². The number of aryl methyl sites for hydroxylation is 1. The minimum Gasteiger partial charge on any atom is -0.424 e. The normalized spacial score (nSPS) is 15.5. The van der Waals surface area contributed by atoms with Crippen LogP contribution in [0.3, 0.4) is 0 Å². The highest BCUT2D eigenvalue weighted by atomic mass is 79.9. The summed E-state index contributed by atoms with van der Waals surface area (Å²) in [5.74, 6) is 0.802. The second-order valence-electron chi connectivity index (χ2n) is 5.88.